The van der Waals surface area contributed by atoms with E-state index in [-0.39, 0.29) is 10.8 Å². The van der Waals surface area contributed by atoms with Gasteiger partial charge in [-0.25, -0.2) is 9.97 Å². The normalized spacial score (nSPS) is 13.8. The molecular weight excluding hydrogens is 371 g/mol. The van der Waals surface area contributed by atoms with Crippen LogP contribution in [0.5, 0.6) is 0 Å². The van der Waals surface area contributed by atoms with Crippen LogP contribution in [0.4, 0.5) is 0 Å². The minimum absolute atomic E-state index is 0.00283. The van der Waals surface area contributed by atoms with Crippen molar-refractivity contribution in [3.05, 3.63) is 91.8 Å². The third-order valence-electron chi connectivity index (χ3n) is 4.45. The van der Waals surface area contributed by atoms with Crippen LogP contribution < -0.4 is 5.56 Å². The molecule has 5 nitrogen and oxygen atoms in total. The van der Waals surface area contributed by atoms with Gasteiger partial charge in [-0.1, -0.05) is 41.9 Å². The Morgan fingerprint density at radius 3 is 2.38 bits per heavy atom. The monoisotopic (exact) mass is 386 g/mol. The molecule has 4 rings (SSSR count). The van der Waals surface area contributed by atoms with Crippen LogP contribution in [0, 0.1) is 0 Å². The van der Waals surface area contributed by atoms with Gasteiger partial charge >= 0.3 is 0 Å². The van der Waals surface area contributed by atoms with Crippen molar-refractivity contribution in [2.45, 2.75) is 26.2 Å². The Labute approximate surface area is 160 Å². The first-order valence-corrected chi connectivity index (χ1v) is 9.00. The van der Waals surface area contributed by atoms with Gasteiger partial charge in [-0.15, -0.1) is 0 Å². The maximum absolute atomic E-state index is 11.8. The molecule has 0 N–H and O–H groups in total. The van der Waals surface area contributed by atoms with Crippen molar-refractivity contribution in [2.24, 2.45) is 0 Å². The molecule has 7 heteroatoms. The van der Waals surface area contributed by atoms with Crippen LogP contribution in [-0.2, 0) is 26.2 Å². The number of rotatable bonds is 4. The molecule has 1 aliphatic heterocycles. The molecule has 3 aromatic rings. The van der Waals surface area contributed by atoms with Gasteiger partial charge < -0.3 is 4.57 Å². The van der Waals surface area contributed by atoms with E-state index in [9.17, 15) is 4.79 Å². The van der Waals surface area contributed by atoms with Crippen LogP contribution in [0.1, 0.15) is 22.4 Å². The van der Waals surface area contributed by atoms with Crippen molar-refractivity contribution in [2.75, 3.05) is 0 Å². The zero-order valence-corrected chi connectivity index (χ0v) is 15.4. The number of hydrogen-bond donors (Lipinski definition) is 0. The Morgan fingerprint density at radius 2 is 1.65 bits per heavy atom. The first kappa shape index (κ1) is 17.2. The average Bonchev–Trinajstić information content (AvgIpc) is 3.01. The molecule has 1 aliphatic rings. The molecule has 0 fully saturated rings. The fraction of sp³-hybridized carbons (Fsp3) is 0.211. The van der Waals surface area contributed by atoms with Gasteiger partial charge in [0.1, 0.15) is 5.15 Å². The number of benzene rings is 1. The number of halogens is 2. The van der Waals surface area contributed by atoms with Crippen LogP contribution in [-0.4, -0.2) is 19.4 Å². The molecule has 0 amide bonds. The molecule has 26 heavy (non-hydrogen) atoms. The van der Waals surface area contributed by atoms with Gasteiger partial charge in [0, 0.05) is 37.5 Å². The summed E-state index contributed by atoms with van der Waals surface area (Å²) >= 11 is 12.0. The first-order valence-electron chi connectivity index (χ1n) is 8.25. The minimum Gasteiger partial charge on any atom is -0.311 e. The summed E-state index contributed by atoms with van der Waals surface area (Å²) in [6.45, 7) is 2.78. The van der Waals surface area contributed by atoms with Crippen molar-refractivity contribution in [3.8, 4) is 0 Å². The summed E-state index contributed by atoms with van der Waals surface area (Å²) in [6, 6.07) is 13.5. The quantitative estimate of drug-likeness (QED) is 0.508. The van der Waals surface area contributed by atoms with Crippen molar-refractivity contribution >= 4 is 23.2 Å². The van der Waals surface area contributed by atoms with E-state index in [1.165, 1.54) is 5.56 Å². The van der Waals surface area contributed by atoms with Crippen LogP contribution in [0.3, 0.4) is 0 Å². The molecule has 0 spiro atoms. The Balaban J connectivity index is 1.43. The van der Waals surface area contributed by atoms with Gasteiger partial charge in [0.2, 0.25) is 5.28 Å². The zero-order valence-electron chi connectivity index (χ0n) is 13.9. The maximum Gasteiger partial charge on any atom is 0.250 e. The molecule has 0 bridgehead atoms. The first-order chi connectivity index (χ1) is 12.6. The lowest BCUT2D eigenvalue weighted by Gasteiger charge is -2.15. The number of aromatic nitrogens is 3. The van der Waals surface area contributed by atoms with E-state index in [0.29, 0.717) is 24.8 Å². The Hall–Kier alpha value is -2.21. The Bertz CT molecular complexity index is 1000. The van der Waals surface area contributed by atoms with Gasteiger partial charge in [0.25, 0.3) is 5.56 Å². The Kier molecular flexibility index (Phi) is 4.76. The maximum atomic E-state index is 11.8. The average molecular weight is 387 g/mol. The van der Waals surface area contributed by atoms with Gasteiger partial charge in [0.05, 0.1) is 12.2 Å². The zero-order chi connectivity index (χ0) is 18.1. The lowest BCUT2D eigenvalue weighted by atomic mass is 10.1. The summed E-state index contributed by atoms with van der Waals surface area (Å²) in [5.41, 5.74) is 4.14. The number of hydrogen-bond acceptors (Lipinski definition) is 4. The second-order valence-electron chi connectivity index (χ2n) is 6.34. The molecule has 0 unspecified atom stereocenters. The van der Waals surface area contributed by atoms with E-state index in [0.717, 1.165) is 23.4 Å². The molecule has 132 valence electrons. The van der Waals surface area contributed by atoms with Crippen LogP contribution in [0.15, 0.2) is 53.5 Å². The topological polar surface area (TPSA) is 51.0 Å². The number of nitrogens with zero attached hydrogens (tertiary/aromatic N) is 4. The van der Waals surface area contributed by atoms with Gasteiger partial charge in [-0.3, -0.25) is 9.69 Å². The molecular formula is C19H16Cl2N4O. The summed E-state index contributed by atoms with van der Waals surface area (Å²) in [4.78, 5) is 22.3. The molecule has 2 aromatic heterocycles. The molecule has 1 aromatic carbocycles. The molecule has 0 radical (unpaired) electrons. The summed E-state index contributed by atoms with van der Waals surface area (Å²) in [5, 5.41) is 0.627. The highest BCUT2D eigenvalue weighted by molar-refractivity contribution is 6.32. The van der Waals surface area contributed by atoms with E-state index in [1.54, 1.807) is 22.9 Å². The fourth-order valence-electron chi connectivity index (χ4n) is 3.16. The fourth-order valence-corrected chi connectivity index (χ4v) is 3.64. The standard InChI is InChI=1S/C19H16Cl2N4O/c20-18-15-11-24(12-16(15)22-19(21)23-18)9-13-4-6-14(7-5-13)10-25-8-2-1-3-17(25)26/h1-8H,9-12H2. The van der Waals surface area contributed by atoms with Crippen molar-refractivity contribution < 1.29 is 0 Å². The molecule has 3 heterocycles. The summed E-state index contributed by atoms with van der Waals surface area (Å²) in [5.74, 6) is 0. The number of fused-ring (bicyclic) bond motifs is 1. The third kappa shape index (κ3) is 3.65. The minimum atomic E-state index is 0.00283. The van der Waals surface area contributed by atoms with Crippen molar-refractivity contribution in [1.82, 2.24) is 19.4 Å². The van der Waals surface area contributed by atoms with Crippen molar-refractivity contribution in [1.29, 1.82) is 0 Å². The molecule has 0 atom stereocenters. The van der Waals surface area contributed by atoms with Crippen LogP contribution in [0.2, 0.25) is 10.4 Å². The largest absolute Gasteiger partial charge is 0.311 e. The second-order valence-corrected chi connectivity index (χ2v) is 7.03. The summed E-state index contributed by atoms with van der Waals surface area (Å²) in [6.07, 6.45) is 1.80. The van der Waals surface area contributed by atoms with Crippen LogP contribution in [0.25, 0.3) is 0 Å². The van der Waals surface area contributed by atoms with E-state index in [1.807, 2.05) is 6.07 Å². The second kappa shape index (κ2) is 7.19. The molecule has 0 saturated carbocycles. The molecule has 0 saturated heterocycles. The third-order valence-corrected chi connectivity index (χ3v) is 4.93. The smallest absolute Gasteiger partial charge is 0.250 e. The van der Waals surface area contributed by atoms with Gasteiger partial charge in [-0.05, 0) is 28.8 Å². The van der Waals surface area contributed by atoms with Gasteiger partial charge in [-0.2, -0.15) is 0 Å². The lowest BCUT2D eigenvalue weighted by Crippen LogP contribution is -2.18. The van der Waals surface area contributed by atoms with E-state index in [4.69, 9.17) is 23.2 Å². The lowest BCUT2D eigenvalue weighted by molar-refractivity contribution is 0.274. The summed E-state index contributed by atoms with van der Waals surface area (Å²) in [7, 11) is 0. The van der Waals surface area contributed by atoms with E-state index < -0.39 is 0 Å². The number of pyridine rings is 1. The SMILES string of the molecule is O=c1ccccn1Cc1ccc(CN2Cc3nc(Cl)nc(Cl)c3C2)cc1. The van der Waals surface area contributed by atoms with E-state index in [2.05, 4.69) is 39.1 Å². The van der Waals surface area contributed by atoms with E-state index >= 15 is 0 Å². The van der Waals surface area contributed by atoms with Gasteiger partial charge in [0.15, 0.2) is 0 Å². The highest BCUT2D eigenvalue weighted by atomic mass is 35.5. The summed E-state index contributed by atoms with van der Waals surface area (Å²) < 4.78 is 1.69. The highest BCUT2D eigenvalue weighted by Gasteiger charge is 2.24. The predicted molar refractivity (Wildman–Crippen MR) is 101 cm³/mol. The Morgan fingerprint density at radius 1 is 0.923 bits per heavy atom. The molecule has 0 aliphatic carbocycles. The predicted octanol–water partition coefficient (Wildman–Crippen LogP) is 3.51. The highest BCUT2D eigenvalue weighted by Crippen LogP contribution is 2.28. The van der Waals surface area contributed by atoms with Crippen LogP contribution >= 0.6 is 23.2 Å². The van der Waals surface area contributed by atoms with Crippen molar-refractivity contribution in [3.63, 3.8) is 0 Å².